The molecule has 0 saturated carbocycles. The SMILES string of the molecule is C=CCCCCOC(=O)[C@@H]1[C@@H]2CCC3(O2)C(C(=O)N(CC=C)C(C)CCC)N([C@@H](CO)Cc2ccccc2)C(=O)[C@H]13. The van der Waals surface area contributed by atoms with Crippen molar-refractivity contribution in [2.45, 2.75) is 95.0 Å². The molecule has 3 fully saturated rings. The number of fused-ring (bicyclic) bond motifs is 1. The molecular weight excluding hydrogens is 520 g/mol. The zero-order valence-electron chi connectivity index (χ0n) is 24.6. The van der Waals surface area contributed by atoms with Crippen LogP contribution < -0.4 is 0 Å². The second kappa shape index (κ2) is 13.8. The van der Waals surface area contributed by atoms with E-state index in [0.29, 0.717) is 32.2 Å². The highest BCUT2D eigenvalue weighted by Crippen LogP contribution is 2.59. The molecule has 1 aromatic rings. The Hall–Kier alpha value is -2.97. The monoisotopic (exact) mass is 566 g/mol. The van der Waals surface area contributed by atoms with Crippen LogP contribution in [0.15, 0.2) is 55.6 Å². The van der Waals surface area contributed by atoms with Gasteiger partial charge in [0.15, 0.2) is 0 Å². The Morgan fingerprint density at radius 3 is 2.66 bits per heavy atom. The van der Waals surface area contributed by atoms with Crippen LogP contribution >= 0.6 is 0 Å². The summed E-state index contributed by atoms with van der Waals surface area (Å²) in [5.41, 5.74) is -0.191. The van der Waals surface area contributed by atoms with Crippen molar-refractivity contribution in [1.82, 2.24) is 9.80 Å². The first-order valence-corrected chi connectivity index (χ1v) is 15.2. The van der Waals surface area contributed by atoms with Gasteiger partial charge >= 0.3 is 5.97 Å². The Morgan fingerprint density at radius 1 is 1.24 bits per heavy atom. The fraction of sp³-hybridized carbons (Fsp3) is 0.606. The average molecular weight is 567 g/mol. The minimum absolute atomic E-state index is 0.0745. The number of carbonyl (C=O) groups excluding carboxylic acids is 3. The van der Waals surface area contributed by atoms with Gasteiger partial charge in [-0.2, -0.15) is 0 Å². The topological polar surface area (TPSA) is 96.4 Å². The standard InChI is InChI=1S/C33H46N2O6/c1-5-8-9-13-20-40-32(39)27-26-17-18-33(41-26)28(27)30(37)35(25(22-36)21-24-15-11-10-12-16-24)29(33)31(38)34(19-7-3)23(4)14-6-2/h5,7,10-12,15-16,23,25-29,36H,1,3,6,8-9,13-14,17-22H2,2,4H3/t23?,25-,26+,27-,28+,29?,33?/m1/s1. The Kier molecular flexibility index (Phi) is 10.4. The molecule has 3 saturated heterocycles. The van der Waals surface area contributed by atoms with Crippen molar-refractivity contribution in [3.63, 3.8) is 0 Å². The number of nitrogens with zero attached hydrogens (tertiary/aromatic N) is 2. The maximum atomic E-state index is 14.6. The van der Waals surface area contributed by atoms with Crippen LogP contribution in [0.3, 0.4) is 0 Å². The van der Waals surface area contributed by atoms with E-state index in [9.17, 15) is 19.5 Å². The zero-order chi connectivity index (χ0) is 29.6. The highest BCUT2D eigenvalue weighted by atomic mass is 16.6. The predicted octanol–water partition coefficient (Wildman–Crippen LogP) is 4.07. The molecule has 8 nitrogen and oxygen atoms in total. The van der Waals surface area contributed by atoms with Crippen molar-refractivity contribution in [2.24, 2.45) is 11.8 Å². The van der Waals surface area contributed by atoms with Crippen LogP contribution in [0.1, 0.15) is 64.4 Å². The summed E-state index contributed by atoms with van der Waals surface area (Å²) in [5, 5.41) is 10.6. The van der Waals surface area contributed by atoms with Crippen molar-refractivity contribution in [2.75, 3.05) is 19.8 Å². The van der Waals surface area contributed by atoms with Crippen molar-refractivity contribution >= 4 is 17.8 Å². The Balaban J connectivity index is 1.70. The second-order valence-electron chi connectivity index (χ2n) is 11.7. The summed E-state index contributed by atoms with van der Waals surface area (Å²) in [6.07, 6.45) is 8.64. The van der Waals surface area contributed by atoms with Crippen LogP contribution in [-0.2, 0) is 30.3 Å². The van der Waals surface area contributed by atoms with Gasteiger partial charge in [-0.3, -0.25) is 14.4 Å². The minimum atomic E-state index is -1.14. The number of unbranched alkanes of at least 4 members (excludes halogenated alkanes) is 2. The first kappa shape index (κ1) is 31.0. The number of aliphatic hydroxyl groups excluding tert-OH is 1. The molecule has 3 heterocycles. The molecule has 224 valence electrons. The number of likely N-dealkylation sites (tertiary alicyclic amines) is 1. The molecule has 7 atom stereocenters. The van der Waals surface area contributed by atoms with Crippen LogP contribution in [0.5, 0.6) is 0 Å². The lowest BCUT2D eigenvalue weighted by Crippen LogP contribution is -2.60. The lowest BCUT2D eigenvalue weighted by molar-refractivity contribution is -0.157. The van der Waals surface area contributed by atoms with Gasteiger partial charge in [-0.15, -0.1) is 13.2 Å². The first-order chi connectivity index (χ1) is 19.8. The summed E-state index contributed by atoms with van der Waals surface area (Å²) in [5.74, 6) is -2.56. The number of benzene rings is 1. The highest BCUT2D eigenvalue weighted by molar-refractivity contribution is 5.98. The fourth-order valence-electron chi connectivity index (χ4n) is 7.19. The van der Waals surface area contributed by atoms with Gasteiger partial charge in [-0.1, -0.05) is 55.8 Å². The molecule has 8 heteroatoms. The van der Waals surface area contributed by atoms with E-state index in [1.165, 1.54) is 0 Å². The van der Waals surface area contributed by atoms with E-state index in [4.69, 9.17) is 9.47 Å². The maximum Gasteiger partial charge on any atom is 0.312 e. The predicted molar refractivity (Wildman–Crippen MR) is 157 cm³/mol. The third-order valence-electron chi connectivity index (χ3n) is 9.06. The molecular formula is C33H46N2O6. The molecule has 2 amide bonds. The third-order valence-corrected chi connectivity index (χ3v) is 9.06. The highest BCUT2D eigenvalue weighted by Gasteiger charge is 2.75. The number of allylic oxidation sites excluding steroid dienone is 1. The maximum absolute atomic E-state index is 14.6. The molecule has 0 aliphatic carbocycles. The molecule has 1 spiro atoms. The summed E-state index contributed by atoms with van der Waals surface area (Å²) in [6.45, 7) is 12.0. The molecule has 3 aliphatic rings. The molecule has 4 rings (SSSR count). The Labute approximate surface area is 244 Å². The summed E-state index contributed by atoms with van der Waals surface area (Å²) < 4.78 is 12.2. The van der Waals surface area contributed by atoms with Crippen LogP contribution in [0, 0.1) is 11.8 Å². The number of aliphatic hydroxyl groups is 1. The number of rotatable bonds is 16. The molecule has 1 aromatic carbocycles. The summed E-state index contributed by atoms with van der Waals surface area (Å²) in [7, 11) is 0. The Bertz CT molecular complexity index is 1090. The van der Waals surface area contributed by atoms with Gasteiger partial charge in [0.2, 0.25) is 11.8 Å². The van der Waals surface area contributed by atoms with E-state index < -0.39 is 41.6 Å². The van der Waals surface area contributed by atoms with Crippen molar-refractivity contribution in [3.05, 3.63) is 61.2 Å². The number of ether oxygens (including phenoxy) is 2. The number of hydrogen-bond donors (Lipinski definition) is 1. The molecule has 3 aliphatic heterocycles. The van der Waals surface area contributed by atoms with E-state index in [-0.39, 0.29) is 31.1 Å². The molecule has 41 heavy (non-hydrogen) atoms. The molecule has 0 aromatic heterocycles. The van der Waals surface area contributed by atoms with E-state index in [1.807, 2.05) is 43.3 Å². The number of amides is 2. The van der Waals surface area contributed by atoms with Crippen LogP contribution in [0.2, 0.25) is 0 Å². The average Bonchev–Trinajstić information content (AvgIpc) is 3.62. The zero-order valence-corrected chi connectivity index (χ0v) is 24.6. The molecule has 2 bridgehead atoms. The van der Waals surface area contributed by atoms with E-state index in [0.717, 1.165) is 31.2 Å². The fourth-order valence-corrected chi connectivity index (χ4v) is 7.19. The quantitative estimate of drug-likeness (QED) is 0.184. The summed E-state index contributed by atoms with van der Waals surface area (Å²) in [6, 6.07) is 7.96. The lowest BCUT2D eigenvalue weighted by Gasteiger charge is -2.41. The van der Waals surface area contributed by atoms with Crippen LogP contribution in [-0.4, -0.2) is 82.3 Å². The first-order valence-electron chi connectivity index (χ1n) is 15.2. The van der Waals surface area contributed by atoms with Gasteiger partial charge in [-0.05, 0) is 57.4 Å². The number of hydrogen-bond acceptors (Lipinski definition) is 6. The molecule has 1 N–H and O–H groups in total. The largest absolute Gasteiger partial charge is 0.465 e. The van der Waals surface area contributed by atoms with Gasteiger partial charge in [0.1, 0.15) is 11.6 Å². The molecule has 3 unspecified atom stereocenters. The van der Waals surface area contributed by atoms with Crippen molar-refractivity contribution < 1.29 is 29.0 Å². The normalized spacial score (nSPS) is 27.8. The van der Waals surface area contributed by atoms with Gasteiger partial charge in [-0.25, -0.2) is 0 Å². The Morgan fingerprint density at radius 2 is 2.00 bits per heavy atom. The van der Waals surface area contributed by atoms with Gasteiger partial charge in [0.25, 0.3) is 0 Å². The summed E-state index contributed by atoms with van der Waals surface area (Å²) >= 11 is 0. The third kappa shape index (κ3) is 6.00. The van der Waals surface area contributed by atoms with Gasteiger partial charge in [0.05, 0.1) is 37.2 Å². The van der Waals surface area contributed by atoms with Crippen LogP contribution in [0.25, 0.3) is 0 Å². The minimum Gasteiger partial charge on any atom is -0.465 e. The van der Waals surface area contributed by atoms with E-state index in [2.05, 4.69) is 20.1 Å². The second-order valence-corrected chi connectivity index (χ2v) is 11.7. The van der Waals surface area contributed by atoms with Crippen LogP contribution in [0.4, 0.5) is 0 Å². The smallest absolute Gasteiger partial charge is 0.312 e. The lowest BCUT2D eigenvalue weighted by atomic mass is 9.70. The van der Waals surface area contributed by atoms with Crippen molar-refractivity contribution in [3.8, 4) is 0 Å². The van der Waals surface area contributed by atoms with Gasteiger partial charge in [0, 0.05) is 12.6 Å². The van der Waals surface area contributed by atoms with Gasteiger partial charge < -0.3 is 24.4 Å². The number of carbonyl (C=O) groups is 3. The van der Waals surface area contributed by atoms with E-state index >= 15 is 0 Å². The van der Waals surface area contributed by atoms with E-state index in [1.54, 1.807) is 15.9 Å². The van der Waals surface area contributed by atoms with Crippen molar-refractivity contribution in [1.29, 1.82) is 0 Å². The molecule has 0 radical (unpaired) electrons. The summed E-state index contributed by atoms with van der Waals surface area (Å²) in [4.78, 5) is 45.7. The number of esters is 1.